The summed E-state index contributed by atoms with van der Waals surface area (Å²) in [5.41, 5.74) is 1.68. The topological polar surface area (TPSA) is 39.3 Å². The predicted molar refractivity (Wildman–Crippen MR) is 45.2 cm³/mol. The van der Waals surface area contributed by atoms with Crippen molar-refractivity contribution in [3.63, 3.8) is 0 Å². The highest BCUT2D eigenvalue weighted by Crippen LogP contribution is 2.00. The van der Waals surface area contributed by atoms with Crippen LogP contribution in [0.4, 0.5) is 0 Å². The summed E-state index contributed by atoms with van der Waals surface area (Å²) in [7, 11) is 1.91. The molecule has 0 radical (unpaired) electrons. The molecule has 0 aliphatic heterocycles. The van der Waals surface area contributed by atoms with Crippen LogP contribution in [-0.2, 0) is 7.05 Å². The lowest BCUT2D eigenvalue weighted by atomic mass is 10.4. The molecule has 0 fully saturated rings. The Balaban J connectivity index is 3.07. The van der Waals surface area contributed by atoms with E-state index < -0.39 is 0 Å². The lowest BCUT2D eigenvalue weighted by Gasteiger charge is -2.04. The van der Waals surface area contributed by atoms with Gasteiger partial charge in [0.25, 0.3) is 5.56 Å². The highest BCUT2D eigenvalue weighted by molar-refractivity contribution is 5.38. The van der Waals surface area contributed by atoms with E-state index in [1.807, 2.05) is 24.6 Å². The molecule has 2 rings (SSSR count). The number of aromatic nitrogens is 3. The second-order valence-electron chi connectivity index (χ2n) is 2.78. The number of hydrogen-bond donors (Lipinski definition) is 0. The fourth-order valence-corrected chi connectivity index (χ4v) is 1.24. The van der Waals surface area contributed by atoms with Gasteiger partial charge in [0.2, 0.25) is 0 Å². The molecule has 0 N–H and O–H groups in total. The van der Waals surface area contributed by atoms with Crippen LogP contribution in [0.25, 0.3) is 5.65 Å². The minimum absolute atomic E-state index is 0.0781. The minimum Gasteiger partial charge on any atom is -0.333 e. The predicted octanol–water partition coefficient (Wildman–Crippen LogP) is 0.341. The molecule has 62 valence electrons. The Labute approximate surface area is 69.1 Å². The van der Waals surface area contributed by atoms with Crippen LogP contribution in [0.3, 0.4) is 0 Å². The van der Waals surface area contributed by atoms with E-state index in [1.54, 1.807) is 12.3 Å². The minimum atomic E-state index is -0.0781. The van der Waals surface area contributed by atoms with Crippen molar-refractivity contribution in [3.8, 4) is 0 Å². The highest BCUT2D eigenvalue weighted by atomic mass is 16.1. The first-order valence-electron chi connectivity index (χ1n) is 3.70. The average Bonchev–Trinajstić information content (AvgIpc) is 2.48. The second kappa shape index (κ2) is 2.20. The van der Waals surface area contributed by atoms with Crippen LogP contribution in [0.15, 0.2) is 23.1 Å². The standard InChI is InChI=1S/C8H9N3O/c1-6-5-8(12)11-7(10(6)2)3-4-9-11/h3-5H,1-2H3. The molecule has 2 heterocycles. The summed E-state index contributed by atoms with van der Waals surface area (Å²) in [5, 5.41) is 3.90. The van der Waals surface area contributed by atoms with E-state index in [9.17, 15) is 4.79 Å². The molecule has 2 aromatic heterocycles. The molecule has 2 aromatic rings. The molecule has 0 spiro atoms. The first kappa shape index (κ1) is 7.09. The quantitative estimate of drug-likeness (QED) is 0.562. The van der Waals surface area contributed by atoms with Gasteiger partial charge in [-0.2, -0.15) is 9.61 Å². The lowest BCUT2D eigenvalue weighted by molar-refractivity contribution is 0.798. The molecule has 0 amide bonds. The van der Waals surface area contributed by atoms with Gasteiger partial charge in [-0.3, -0.25) is 4.79 Å². The molecule has 0 aliphatic rings. The van der Waals surface area contributed by atoms with Crippen molar-refractivity contribution in [3.05, 3.63) is 34.4 Å². The van der Waals surface area contributed by atoms with Crippen LogP contribution in [0.1, 0.15) is 5.69 Å². The Morgan fingerprint density at radius 1 is 1.50 bits per heavy atom. The summed E-state index contributed by atoms with van der Waals surface area (Å²) in [6, 6.07) is 3.38. The van der Waals surface area contributed by atoms with Gasteiger partial charge in [-0.15, -0.1) is 0 Å². The van der Waals surface area contributed by atoms with E-state index in [0.29, 0.717) is 0 Å². The number of rotatable bonds is 0. The molecule has 4 nitrogen and oxygen atoms in total. The molecule has 0 bridgehead atoms. The van der Waals surface area contributed by atoms with Crippen LogP contribution in [0.2, 0.25) is 0 Å². The van der Waals surface area contributed by atoms with Gasteiger partial charge in [0.15, 0.2) is 0 Å². The van der Waals surface area contributed by atoms with Crippen molar-refractivity contribution in [2.45, 2.75) is 6.92 Å². The van der Waals surface area contributed by atoms with E-state index in [2.05, 4.69) is 5.10 Å². The van der Waals surface area contributed by atoms with Crippen LogP contribution in [-0.4, -0.2) is 14.2 Å². The zero-order valence-corrected chi connectivity index (χ0v) is 6.98. The second-order valence-corrected chi connectivity index (χ2v) is 2.78. The average molecular weight is 163 g/mol. The Kier molecular flexibility index (Phi) is 1.30. The zero-order valence-electron chi connectivity index (χ0n) is 6.98. The third-order valence-electron chi connectivity index (χ3n) is 2.04. The van der Waals surface area contributed by atoms with Gasteiger partial charge in [-0.25, -0.2) is 0 Å². The monoisotopic (exact) mass is 163 g/mol. The van der Waals surface area contributed by atoms with Gasteiger partial charge in [0.05, 0.1) is 6.20 Å². The fourth-order valence-electron chi connectivity index (χ4n) is 1.24. The third kappa shape index (κ3) is 0.777. The first-order chi connectivity index (χ1) is 5.70. The maximum atomic E-state index is 11.3. The SMILES string of the molecule is Cc1cc(=O)n2nccc2n1C. The van der Waals surface area contributed by atoms with Crippen molar-refractivity contribution in [1.82, 2.24) is 14.2 Å². The first-order valence-corrected chi connectivity index (χ1v) is 3.70. The van der Waals surface area contributed by atoms with E-state index in [1.165, 1.54) is 4.52 Å². The molecule has 0 atom stereocenters. The van der Waals surface area contributed by atoms with Crippen molar-refractivity contribution in [2.75, 3.05) is 0 Å². The Bertz CT molecular complexity index is 480. The normalized spacial score (nSPS) is 10.8. The summed E-state index contributed by atoms with van der Waals surface area (Å²) in [4.78, 5) is 11.3. The van der Waals surface area contributed by atoms with Gasteiger partial charge in [-0.1, -0.05) is 0 Å². The Hall–Kier alpha value is -1.58. The summed E-state index contributed by atoms with van der Waals surface area (Å²) in [6.45, 7) is 1.90. The smallest absolute Gasteiger partial charge is 0.274 e. The van der Waals surface area contributed by atoms with Crippen LogP contribution in [0.5, 0.6) is 0 Å². The molecule has 4 heteroatoms. The zero-order chi connectivity index (χ0) is 8.72. The van der Waals surface area contributed by atoms with Crippen LogP contribution < -0.4 is 5.56 Å². The van der Waals surface area contributed by atoms with Gasteiger partial charge >= 0.3 is 0 Å². The summed E-state index contributed by atoms with van der Waals surface area (Å²) < 4.78 is 3.31. The largest absolute Gasteiger partial charge is 0.333 e. The van der Waals surface area contributed by atoms with E-state index in [0.717, 1.165) is 11.3 Å². The fraction of sp³-hybridized carbons (Fsp3) is 0.250. The maximum absolute atomic E-state index is 11.3. The number of nitrogens with zero attached hydrogens (tertiary/aromatic N) is 3. The van der Waals surface area contributed by atoms with Crippen molar-refractivity contribution >= 4 is 5.65 Å². The third-order valence-corrected chi connectivity index (χ3v) is 2.04. The number of aryl methyl sites for hydroxylation is 2. The lowest BCUT2D eigenvalue weighted by Crippen LogP contribution is -2.17. The van der Waals surface area contributed by atoms with E-state index in [4.69, 9.17) is 0 Å². The van der Waals surface area contributed by atoms with Crippen molar-refractivity contribution < 1.29 is 0 Å². The highest BCUT2D eigenvalue weighted by Gasteiger charge is 2.01. The molecular weight excluding hydrogens is 154 g/mol. The van der Waals surface area contributed by atoms with E-state index in [-0.39, 0.29) is 5.56 Å². The maximum Gasteiger partial charge on any atom is 0.274 e. The van der Waals surface area contributed by atoms with Crippen molar-refractivity contribution in [2.24, 2.45) is 7.05 Å². The van der Waals surface area contributed by atoms with E-state index >= 15 is 0 Å². The summed E-state index contributed by atoms with van der Waals surface area (Å²) in [6.07, 6.45) is 1.62. The van der Waals surface area contributed by atoms with Gasteiger partial charge < -0.3 is 4.57 Å². The summed E-state index contributed by atoms with van der Waals surface area (Å²) >= 11 is 0. The number of hydrogen-bond acceptors (Lipinski definition) is 2. The molecule has 0 aliphatic carbocycles. The van der Waals surface area contributed by atoms with Crippen molar-refractivity contribution in [1.29, 1.82) is 0 Å². The van der Waals surface area contributed by atoms with Gasteiger partial charge in [-0.05, 0) is 6.92 Å². The molecular formula is C8H9N3O. The van der Waals surface area contributed by atoms with Gasteiger partial charge in [0, 0.05) is 24.9 Å². The Morgan fingerprint density at radius 3 is 3.00 bits per heavy atom. The molecule has 0 saturated carbocycles. The molecule has 12 heavy (non-hydrogen) atoms. The summed E-state index contributed by atoms with van der Waals surface area (Å²) in [5.74, 6) is 0. The van der Waals surface area contributed by atoms with Crippen LogP contribution in [0, 0.1) is 6.92 Å². The molecule has 0 aromatic carbocycles. The van der Waals surface area contributed by atoms with Crippen LogP contribution >= 0.6 is 0 Å². The Morgan fingerprint density at radius 2 is 2.25 bits per heavy atom. The molecule has 0 unspecified atom stereocenters. The molecule has 0 saturated heterocycles. The van der Waals surface area contributed by atoms with Gasteiger partial charge in [0.1, 0.15) is 5.65 Å². The number of fused-ring (bicyclic) bond motifs is 1.